The summed E-state index contributed by atoms with van der Waals surface area (Å²) in [6, 6.07) is 0.472. The third-order valence-corrected chi connectivity index (χ3v) is 2.13. The van der Waals surface area contributed by atoms with Crippen LogP contribution in [0.15, 0.2) is 10.7 Å². The Kier molecular flexibility index (Phi) is 2.36. The summed E-state index contributed by atoms with van der Waals surface area (Å²) in [7, 11) is 0. The predicted molar refractivity (Wildman–Crippen MR) is 50.1 cm³/mol. The number of oxazole rings is 1. The van der Waals surface area contributed by atoms with Gasteiger partial charge in [0.1, 0.15) is 6.26 Å². The first kappa shape index (κ1) is 9.01. The van der Waals surface area contributed by atoms with Crippen LogP contribution in [0.25, 0.3) is 0 Å². The molecule has 0 unspecified atom stereocenters. The molecule has 1 amide bonds. The Hall–Kier alpha value is -1.56. The highest BCUT2D eigenvalue weighted by atomic mass is 16.4. The quantitative estimate of drug-likeness (QED) is 0.645. The van der Waals surface area contributed by atoms with Crippen LogP contribution in [0.4, 0.5) is 6.01 Å². The largest absolute Gasteiger partial charge is 0.431 e. The normalized spacial score (nSPS) is 17.0. The maximum absolute atomic E-state index is 10.8. The van der Waals surface area contributed by atoms with Gasteiger partial charge in [0.15, 0.2) is 5.69 Å². The molecule has 1 aromatic heterocycles. The number of nitrogens with one attached hydrogen (secondary N) is 1. The minimum absolute atomic E-state index is 0.179. The molecule has 1 fully saturated rings. The van der Waals surface area contributed by atoms with Crippen LogP contribution >= 0.6 is 0 Å². The highest BCUT2D eigenvalue weighted by Crippen LogP contribution is 2.13. The first-order chi connectivity index (χ1) is 6.77. The second-order valence-corrected chi connectivity index (χ2v) is 3.12. The molecule has 14 heavy (non-hydrogen) atoms. The van der Waals surface area contributed by atoms with Gasteiger partial charge in [0.25, 0.3) is 11.9 Å². The van der Waals surface area contributed by atoms with Crippen molar-refractivity contribution < 1.29 is 9.21 Å². The molecule has 1 aliphatic heterocycles. The number of nitrogens with zero attached hydrogens (tertiary/aromatic N) is 2. The van der Waals surface area contributed by atoms with Crippen LogP contribution in [0.1, 0.15) is 10.5 Å². The molecule has 2 heterocycles. The van der Waals surface area contributed by atoms with Gasteiger partial charge in [-0.05, 0) is 0 Å². The molecule has 0 atom stereocenters. The minimum atomic E-state index is -0.560. The lowest BCUT2D eigenvalue weighted by Gasteiger charge is -2.25. The van der Waals surface area contributed by atoms with Crippen LogP contribution in [0, 0.1) is 0 Å². The zero-order valence-electron chi connectivity index (χ0n) is 7.69. The molecule has 6 heteroatoms. The summed E-state index contributed by atoms with van der Waals surface area (Å²) >= 11 is 0. The van der Waals surface area contributed by atoms with E-state index in [9.17, 15) is 4.79 Å². The first-order valence-electron chi connectivity index (χ1n) is 4.48. The van der Waals surface area contributed by atoms with Crippen molar-refractivity contribution in [3.63, 3.8) is 0 Å². The van der Waals surface area contributed by atoms with E-state index in [0.717, 1.165) is 26.2 Å². The van der Waals surface area contributed by atoms with E-state index in [-0.39, 0.29) is 5.69 Å². The van der Waals surface area contributed by atoms with Crippen molar-refractivity contribution in [1.29, 1.82) is 0 Å². The summed E-state index contributed by atoms with van der Waals surface area (Å²) in [5.74, 6) is -0.560. The molecule has 1 aromatic rings. The third-order valence-electron chi connectivity index (χ3n) is 2.13. The Balaban J connectivity index is 2.11. The fourth-order valence-corrected chi connectivity index (χ4v) is 1.38. The number of primary amides is 1. The number of carbonyl (C=O) groups excluding carboxylic acids is 1. The zero-order valence-corrected chi connectivity index (χ0v) is 7.69. The number of piperazine rings is 1. The van der Waals surface area contributed by atoms with Crippen molar-refractivity contribution in [2.45, 2.75) is 0 Å². The van der Waals surface area contributed by atoms with Crippen LogP contribution < -0.4 is 16.0 Å². The number of anilines is 1. The van der Waals surface area contributed by atoms with Crippen molar-refractivity contribution in [1.82, 2.24) is 10.3 Å². The molecule has 0 aromatic carbocycles. The molecule has 0 bridgehead atoms. The van der Waals surface area contributed by atoms with Crippen molar-refractivity contribution >= 4 is 11.9 Å². The molecule has 2 rings (SSSR count). The molecule has 0 radical (unpaired) electrons. The van der Waals surface area contributed by atoms with Gasteiger partial charge >= 0.3 is 0 Å². The predicted octanol–water partition coefficient (Wildman–Crippen LogP) is -0.817. The van der Waals surface area contributed by atoms with Gasteiger partial charge in [-0.25, -0.2) is 0 Å². The molecular formula is C8H12N4O2. The fourth-order valence-electron chi connectivity index (χ4n) is 1.38. The Morgan fingerprint density at radius 3 is 2.86 bits per heavy atom. The Morgan fingerprint density at radius 2 is 2.29 bits per heavy atom. The molecule has 1 aliphatic rings. The third kappa shape index (κ3) is 1.69. The number of hydrogen-bond acceptors (Lipinski definition) is 5. The summed E-state index contributed by atoms with van der Waals surface area (Å²) in [5.41, 5.74) is 5.24. The van der Waals surface area contributed by atoms with Gasteiger partial charge in [-0.1, -0.05) is 0 Å². The first-order valence-corrected chi connectivity index (χ1v) is 4.48. The van der Waals surface area contributed by atoms with Crippen LogP contribution in [-0.2, 0) is 0 Å². The summed E-state index contributed by atoms with van der Waals surface area (Å²) < 4.78 is 5.15. The number of carbonyl (C=O) groups is 1. The van der Waals surface area contributed by atoms with Gasteiger partial charge in [-0.15, -0.1) is 0 Å². The van der Waals surface area contributed by atoms with E-state index in [0.29, 0.717) is 6.01 Å². The van der Waals surface area contributed by atoms with Crippen molar-refractivity contribution in [2.24, 2.45) is 5.73 Å². The topological polar surface area (TPSA) is 84.4 Å². The Labute approximate surface area is 81.1 Å². The summed E-state index contributed by atoms with van der Waals surface area (Å²) in [6.45, 7) is 3.46. The van der Waals surface area contributed by atoms with Gasteiger partial charge < -0.3 is 20.4 Å². The zero-order chi connectivity index (χ0) is 9.97. The second-order valence-electron chi connectivity index (χ2n) is 3.12. The molecular weight excluding hydrogens is 184 g/mol. The monoisotopic (exact) mass is 196 g/mol. The van der Waals surface area contributed by atoms with E-state index in [1.165, 1.54) is 6.26 Å². The van der Waals surface area contributed by atoms with Crippen LogP contribution in [-0.4, -0.2) is 37.1 Å². The maximum Gasteiger partial charge on any atom is 0.298 e. The summed E-state index contributed by atoms with van der Waals surface area (Å²) in [6.07, 6.45) is 1.29. The van der Waals surface area contributed by atoms with E-state index in [2.05, 4.69) is 10.3 Å². The van der Waals surface area contributed by atoms with Crippen molar-refractivity contribution in [3.05, 3.63) is 12.0 Å². The lowest BCUT2D eigenvalue weighted by molar-refractivity contribution is 0.0995. The van der Waals surface area contributed by atoms with Crippen LogP contribution in [0.3, 0.4) is 0 Å². The SMILES string of the molecule is NC(=O)c1coc(N2CCNCC2)n1. The average Bonchev–Trinajstić information content (AvgIpc) is 2.68. The highest BCUT2D eigenvalue weighted by Gasteiger charge is 2.16. The molecule has 0 spiro atoms. The summed E-state index contributed by atoms with van der Waals surface area (Å²) in [5, 5.41) is 3.21. The van der Waals surface area contributed by atoms with Crippen molar-refractivity contribution in [2.75, 3.05) is 31.1 Å². The second kappa shape index (κ2) is 3.67. The Bertz CT molecular complexity index is 330. The van der Waals surface area contributed by atoms with Crippen molar-refractivity contribution in [3.8, 4) is 0 Å². The molecule has 0 saturated carbocycles. The van der Waals surface area contributed by atoms with Gasteiger partial charge in [-0.2, -0.15) is 4.98 Å². The lowest BCUT2D eigenvalue weighted by atomic mass is 10.4. The van der Waals surface area contributed by atoms with E-state index < -0.39 is 5.91 Å². The van der Waals surface area contributed by atoms with E-state index >= 15 is 0 Å². The average molecular weight is 196 g/mol. The summed E-state index contributed by atoms with van der Waals surface area (Å²) in [4.78, 5) is 16.7. The van der Waals surface area contributed by atoms with Crippen LogP contribution in [0.5, 0.6) is 0 Å². The van der Waals surface area contributed by atoms with Gasteiger partial charge in [0.05, 0.1) is 0 Å². The van der Waals surface area contributed by atoms with Gasteiger partial charge in [0.2, 0.25) is 0 Å². The number of amides is 1. The number of hydrogen-bond donors (Lipinski definition) is 2. The smallest absolute Gasteiger partial charge is 0.298 e. The highest BCUT2D eigenvalue weighted by molar-refractivity contribution is 5.90. The molecule has 6 nitrogen and oxygen atoms in total. The van der Waals surface area contributed by atoms with E-state index in [1.54, 1.807) is 0 Å². The van der Waals surface area contributed by atoms with E-state index in [4.69, 9.17) is 10.2 Å². The maximum atomic E-state index is 10.8. The number of aromatic nitrogens is 1. The number of rotatable bonds is 2. The number of nitrogens with two attached hydrogens (primary N) is 1. The van der Waals surface area contributed by atoms with Gasteiger partial charge in [-0.3, -0.25) is 4.79 Å². The molecule has 0 aliphatic carbocycles. The Morgan fingerprint density at radius 1 is 1.57 bits per heavy atom. The lowest BCUT2D eigenvalue weighted by Crippen LogP contribution is -2.43. The van der Waals surface area contributed by atoms with E-state index in [1.807, 2.05) is 4.90 Å². The molecule has 76 valence electrons. The van der Waals surface area contributed by atoms with Gasteiger partial charge in [0, 0.05) is 26.2 Å². The molecule has 3 N–H and O–H groups in total. The minimum Gasteiger partial charge on any atom is -0.431 e. The van der Waals surface area contributed by atoms with Crippen LogP contribution in [0.2, 0.25) is 0 Å². The molecule has 1 saturated heterocycles. The standard InChI is InChI=1S/C8H12N4O2/c9-7(13)6-5-14-8(11-6)12-3-1-10-2-4-12/h5,10H,1-4H2,(H2,9,13). The fraction of sp³-hybridized carbons (Fsp3) is 0.500.